The molecule has 7 rings (SSSR count). The van der Waals surface area contributed by atoms with Crippen LogP contribution >= 0.6 is 11.3 Å². The second kappa shape index (κ2) is 16.7. The molecule has 0 bridgehead atoms. The molecule has 0 spiro atoms. The quantitative estimate of drug-likeness (QED) is 0.112. The third-order valence-electron chi connectivity index (χ3n) is 8.75. The first-order valence-electron chi connectivity index (χ1n) is 17.5. The van der Waals surface area contributed by atoms with E-state index in [4.69, 9.17) is 0 Å². The molecule has 7 aromatic rings. The van der Waals surface area contributed by atoms with Crippen molar-refractivity contribution in [3.05, 3.63) is 139 Å². The molecular weight excluding hydrogens is 840 g/mol. The van der Waals surface area contributed by atoms with E-state index >= 15 is 0 Å². The molecule has 0 amide bonds. The van der Waals surface area contributed by atoms with Gasteiger partial charge in [-0.2, -0.15) is 11.3 Å². The zero-order valence-electron chi connectivity index (χ0n) is 30.5. The first kappa shape index (κ1) is 38.4. The number of benzene rings is 4. The summed E-state index contributed by atoms with van der Waals surface area (Å²) < 4.78 is 15.7. The Morgan fingerprint density at radius 2 is 1.47 bits per heavy atom. The SMILES string of the molecule is CC(C)Cc1cc(-c2[c-]cccc2)ncc1[Si](C)(C)C.CC(C)Cc1ccnc(-c2[c-]ccc3c2sc2cc(-c4ccc(F)cc4)ccc23)c1.[Ir]. The maximum Gasteiger partial charge on any atom is 0.123 e. The molecule has 0 aliphatic carbocycles. The molecule has 6 heteroatoms. The molecule has 0 saturated carbocycles. The molecule has 0 N–H and O–H groups in total. The number of halogens is 1. The van der Waals surface area contributed by atoms with E-state index in [1.807, 2.05) is 42.6 Å². The van der Waals surface area contributed by atoms with Crippen molar-refractivity contribution in [2.24, 2.45) is 11.8 Å². The van der Waals surface area contributed by atoms with Gasteiger partial charge in [-0.25, -0.2) is 4.39 Å². The van der Waals surface area contributed by atoms with E-state index in [9.17, 15) is 4.39 Å². The summed E-state index contributed by atoms with van der Waals surface area (Å²) in [6.45, 7) is 16.2. The fourth-order valence-corrected chi connectivity index (χ4v) is 9.28. The fourth-order valence-electron chi connectivity index (χ4n) is 6.44. The Morgan fingerprint density at radius 3 is 2.16 bits per heavy atom. The summed E-state index contributed by atoms with van der Waals surface area (Å²) in [6, 6.07) is 38.6. The second-order valence-corrected chi connectivity index (χ2v) is 21.0. The standard InChI is InChI=1S/C27H21FNS.C18H24NSi.Ir/c1-17(2)14-18-12-13-29-25(15-18)24-5-3-4-23-22-11-8-20(16-26(22)30-27(23)24)19-6-9-21(28)10-7-19;1-14(2)11-16-12-17(15-9-7-6-8-10-15)19-13-18(16)20(3,4)5;/h3-4,6-13,15-17H,14H2,1-2H3;6-9,12-14H,11H2,1-5H3;/q2*-1;. The number of pyridine rings is 2. The van der Waals surface area contributed by atoms with Crippen LogP contribution in [0.1, 0.15) is 38.8 Å². The van der Waals surface area contributed by atoms with Gasteiger partial charge in [-0.15, -0.1) is 59.7 Å². The maximum absolute atomic E-state index is 13.3. The van der Waals surface area contributed by atoms with Crippen LogP contribution in [-0.4, -0.2) is 18.0 Å². The summed E-state index contributed by atoms with van der Waals surface area (Å²) in [4.78, 5) is 9.34. The van der Waals surface area contributed by atoms with Gasteiger partial charge in [0.1, 0.15) is 5.82 Å². The van der Waals surface area contributed by atoms with E-state index < -0.39 is 8.07 Å². The third-order valence-corrected chi connectivity index (χ3v) is 12.0. The first-order valence-corrected chi connectivity index (χ1v) is 21.8. The Kier molecular flexibility index (Phi) is 12.6. The topological polar surface area (TPSA) is 25.8 Å². The molecular formula is C45H45FIrN2SSi-2. The van der Waals surface area contributed by atoms with E-state index in [0.29, 0.717) is 11.8 Å². The van der Waals surface area contributed by atoms with Gasteiger partial charge in [0.25, 0.3) is 0 Å². The molecule has 2 nitrogen and oxygen atoms in total. The molecule has 0 aliphatic rings. The van der Waals surface area contributed by atoms with Crippen LogP contribution in [0, 0.1) is 29.8 Å². The number of rotatable bonds is 8. The van der Waals surface area contributed by atoms with Gasteiger partial charge in [-0.3, -0.25) is 0 Å². The molecule has 3 aromatic heterocycles. The van der Waals surface area contributed by atoms with Crippen molar-refractivity contribution in [3.8, 4) is 33.6 Å². The van der Waals surface area contributed by atoms with Gasteiger partial charge in [0.2, 0.25) is 0 Å². The number of hydrogen-bond acceptors (Lipinski definition) is 3. The summed E-state index contributed by atoms with van der Waals surface area (Å²) in [5.41, 5.74) is 9.05. The zero-order valence-corrected chi connectivity index (χ0v) is 34.7. The average Bonchev–Trinajstić information content (AvgIpc) is 3.46. The summed E-state index contributed by atoms with van der Waals surface area (Å²) in [6.07, 6.45) is 6.18. The number of hydrogen-bond donors (Lipinski definition) is 0. The van der Waals surface area contributed by atoms with Crippen LogP contribution in [0.25, 0.3) is 53.8 Å². The van der Waals surface area contributed by atoms with E-state index in [0.717, 1.165) is 46.5 Å². The van der Waals surface area contributed by atoms with Gasteiger partial charge in [0.05, 0.1) is 8.07 Å². The van der Waals surface area contributed by atoms with Crippen molar-refractivity contribution in [2.75, 3.05) is 0 Å². The van der Waals surface area contributed by atoms with Crippen LogP contribution in [-0.2, 0) is 32.9 Å². The Labute approximate surface area is 321 Å². The molecule has 0 unspecified atom stereocenters. The van der Waals surface area contributed by atoms with Crippen molar-refractivity contribution in [1.29, 1.82) is 0 Å². The molecule has 51 heavy (non-hydrogen) atoms. The van der Waals surface area contributed by atoms with E-state index in [1.165, 1.54) is 48.6 Å². The third kappa shape index (κ3) is 9.36. The summed E-state index contributed by atoms with van der Waals surface area (Å²) >= 11 is 1.77. The summed E-state index contributed by atoms with van der Waals surface area (Å²) in [5.74, 6) is 1.06. The smallest absolute Gasteiger partial charge is 0.123 e. The Bertz CT molecular complexity index is 2220. The minimum atomic E-state index is -1.34. The van der Waals surface area contributed by atoms with Crippen molar-refractivity contribution in [2.45, 2.75) is 60.2 Å². The second-order valence-electron chi connectivity index (χ2n) is 14.9. The van der Waals surface area contributed by atoms with Crippen molar-refractivity contribution >= 4 is 44.8 Å². The van der Waals surface area contributed by atoms with Crippen LogP contribution in [0.2, 0.25) is 19.6 Å². The first-order chi connectivity index (χ1) is 24.0. The van der Waals surface area contributed by atoms with Crippen LogP contribution in [0.3, 0.4) is 0 Å². The molecule has 263 valence electrons. The Balaban J connectivity index is 0.000000211. The number of thiophene rings is 1. The molecule has 0 saturated heterocycles. The van der Waals surface area contributed by atoms with E-state index in [1.54, 1.807) is 11.3 Å². The van der Waals surface area contributed by atoms with Gasteiger partial charge >= 0.3 is 0 Å². The number of nitrogens with zero attached hydrogens (tertiary/aromatic N) is 2. The van der Waals surface area contributed by atoms with Crippen LogP contribution < -0.4 is 5.19 Å². The van der Waals surface area contributed by atoms with Gasteiger partial charge < -0.3 is 9.97 Å². The predicted molar refractivity (Wildman–Crippen MR) is 215 cm³/mol. The molecule has 0 aliphatic heterocycles. The van der Waals surface area contributed by atoms with Crippen LogP contribution in [0.4, 0.5) is 4.39 Å². The maximum atomic E-state index is 13.3. The molecule has 3 heterocycles. The zero-order chi connectivity index (χ0) is 35.4. The van der Waals surface area contributed by atoms with Crippen molar-refractivity contribution < 1.29 is 24.5 Å². The van der Waals surface area contributed by atoms with Crippen LogP contribution in [0.15, 0.2) is 109 Å². The minimum absolute atomic E-state index is 0. The average molecular weight is 885 g/mol. The molecule has 4 aromatic carbocycles. The normalized spacial score (nSPS) is 11.5. The van der Waals surface area contributed by atoms with Gasteiger partial charge in [0.15, 0.2) is 0 Å². The molecule has 1 radical (unpaired) electrons. The Hall–Kier alpha value is -3.80. The number of fused-ring (bicyclic) bond motifs is 3. The Morgan fingerprint density at radius 1 is 0.725 bits per heavy atom. The van der Waals surface area contributed by atoms with Gasteiger partial charge in [-0.05, 0) is 86.7 Å². The van der Waals surface area contributed by atoms with E-state index in [-0.39, 0.29) is 25.9 Å². The largest absolute Gasteiger partial charge is 0.305 e. The van der Waals surface area contributed by atoms with Crippen LogP contribution in [0.5, 0.6) is 0 Å². The molecule has 0 fully saturated rings. The van der Waals surface area contributed by atoms with Crippen molar-refractivity contribution in [3.63, 3.8) is 0 Å². The van der Waals surface area contributed by atoms with E-state index in [2.05, 4.69) is 124 Å². The van der Waals surface area contributed by atoms with Crippen molar-refractivity contribution in [1.82, 2.24) is 9.97 Å². The fraction of sp³-hybridized carbons (Fsp3) is 0.244. The van der Waals surface area contributed by atoms with Gasteiger partial charge in [-0.1, -0.05) is 100 Å². The molecule has 0 atom stereocenters. The summed E-state index contributed by atoms with van der Waals surface area (Å²) in [7, 11) is -1.34. The van der Waals surface area contributed by atoms with Gasteiger partial charge in [0, 0.05) is 37.2 Å². The number of aromatic nitrogens is 2. The minimum Gasteiger partial charge on any atom is -0.305 e. The predicted octanol–water partition coefficient (Wildman–Crippen LogP) is 12.2. The summed E-state index contributed by atoms with van der Waals surface area (Å²) in [5, 5.41) is 3.95. The monoisotopic (exact) mass is 885 g/mol.